The zero-order valence-corrected chi connectivity index (χ0v) is 18.6. The number of guanidine groups is 1. The van der Waals surface area contributed by atoms with Crippen LogP contribution < -0.4 is 20.1 Å². The number of nitrogens with zero attached hydrogens (tertiary/aromatic N) is 1. The molecule has 7 nitrogen and oxygen atoms in total. The Morgan fingerprint density at radius 3 is 2.52 bits per heavy atom. The molecule has 168 valence electrons. The van der Waals surface area contributed by atoms with Gasteiger partial charge in [-0.1, -0.05) is 24.3 Å². The fraction of sp³-hybridized carbons (Fsp3) is 0.458. The Balaban J connectivity index is 1.49. The second-order valence-corrected chi connectivity index (χ2v) is 7.40. The monoisotopic (exact) mass is 427 g/mol. The number of hydrogen-bond acceptors (Lipinski definition) is 5. The number of aliphatic imine (C=N–C) groups is 1. The molecule has 31 heavy (non-hydrogen) atoms. The number of benzene rings is 2. The molecule has 2 aromatic carbocycles. The SMILES string of the molecule is CN=C(NCc1cccc(COC2CCOCC2)c1)NCc1ccc(OC)cc1OC. The van der Waals surface area contributed by atoms with Crippen LogP contribution in [0.2, 0.25) is 0 Å². The van der Waals surface area contributed by atoms with E-state index in [1.807, 2.05) is 18.2 Å². The summed E-state index contributed by atoms with van der Waals surface area (Å²) in [5, 5.41) is 6.70. The highest BCUT2D eigenvalue weighted by Gasteiger charge is 2.14. The van der Waals surface area contributed by atoms with E-state index in [9.17, 15) is 0 Å². The molecular formula is C24H33N3O4. The first-order chi connectivity index (χ1) is 15.2. The minimum absolute atomic E-state index is 0.300. The van der Waals surface area contributed by atoms with Gasteiger partial charge in [0.2, 0.25) is 0 Å². The number of nitrogens with one attached hydrogen (secondary N) is 2. The van der Waals surface area contributed by atoms with Crippen LogP contribution in [0.5, 0.6) is 11.5 Å². The van der Waals surface area contributed by atoms with Crippen molar-refractivity contribution in [3.63, 3.8) is 0 Å². The van der Waals surface area contributed by atoms with Gasteiger partial charge in [-0.25, -0.2) is 0 Å². The van der Waals surface area contributed by atoms with Gasteiger partial charge in [0.1, 0.15) is 11.5 Å². The standard InChI is InChI=1S/C24H33N3O4/c1-25-24(27-16-20-7-8-22(28-2)14-23(20)29-3)26-15-18-5-4-6-19(13-18)17-31-21-9-11-30-12-10-21/h4-8,13-14,21H,9-12,15-17H2,1-3H3,(H2,25,26,27). The fourth-order valence-electron chi connectivity index (χ4n) is 3.47. The van der Waals surface area contributed by atoms with Crippen LogP contribution in [0.25, 0.3) is 0 Å². The second-order valence-electron chi connectivity index (χ2n) is 7.40. The molecule has 7 heteroatoms. The summed E-state index contributed by atoms with van der Waals surface area (Å²) in [6.07, 6.45) is 2.25. The van der Waals surface area contributed by atoms with E-state index in [4.69, 9.17) is 18.9 Å². The molecule has 1 heterocycles. The van der Waals surface area contributed by atoms with E-state index in [-0.39, 0.29) is 0 Å². The maximum absolute atomic E-state index is 6.04. The number of hydrogen-bond donors (Lipinski definition) is 2. The zero-order valence-electron chi connectivity index (χ0n) is 18.6. The van der Waals surface area contributed by atoms with Crippen LogP contribution in [-0.2, 0) is 29.2 Å². The highest BCUT2D eigenvalue weighted by Crippen LogP contribution is 2.24. The van der Waals surface area contributed by atoms with Crippen molar-refractivity contribution in [2.75, 3.05) is 34.5 Å². The van der Waals surface area contributed by atoms with Crippen LogP contribution in [0.15, 0.2) is 47.5 Å². The number of methoxy groups -OCH3 is 2. The Hall–Kier alpha value is -2.77. The molecule has 1 fully saturated rings. The molecule has 2 aromatic rings. The molecule has 3 rings (SSSR count). The van der Waals surface area contributed by atoms with Crippen molar-refractivity contribution in [2.45, 2.75) is 38.6 Å². The minimum Gasteiger partial charge on any atom is -0.497 e. The van der Waals surface area contributed by atoms with Crippen molar-refractivity contribution in [2.24, 2.45) is 4.99 Å². The maximum atomic E-state index is 6.04. The smallest absolute Gasteiger partial charge is 0.191 e. The Morgan fingerprint density at radius 1 is 1.00 bits per heavy atom. The second kappa shape index (κ2) is 12.2. The van der Waals surface area contributed by atoms with Gasteiger partial charge in [0.05, 0.1) is 26.9 Å². The van der Waals surface area contributed by atoms with Crippen LogP contribution in [0.1, 0.15) is 29.5 Å². The van der Waals surface area contributed by atoms with Gasteiger partial charge in [0, 0.05) is 45.0 Å². The van der Waals surface area contributed by atoms with Crippen molar-refractivity contribution >= 4 is 5.96 Å². The molecule has 0 aliphatic carbocycles. The van der Waals surface area contributed by atoms with Crippen LogP contribution in [0.4, 0.5) is 0 Å². The van der Waals surface area contributed by atoms with E-state index < -0.39 is 0 Å². The summed E-state index contributed by atoms with van der Waals surface area (Å²) in [6, 6.07) is 14.2. The topological polar surface area (TPSA) is 73.3 Å². The average molecular weight is 428 g/mol. The normalized spacial score (nSPS) is 14.9. The summed E-state index contributed by atoms with van der Waals surface area (Å²) in [7, 11) is 5.06. The van der Waals surface area contributed by atoms with Crippen molar-refractivity contribution in [3.8, 4) is 11.5 Å². The zero-order chi connectivity index (χ0) is 21.9. The molecular weight excluding hydrogens is 394 g/mol. The third-order valence-electron chi connectivity index (χ3n) is 5.27. The van der Waals surface area contributed by atoms with Crippen LogP contribution in [-0.4, -0.2) is 46.5 Å². The molecule has 1 aliphatic heterocycles. The van der Waals surface area contributed by atoms with Crippen LogP contribution in [0.3, 0.4) is 0 Å². The molecule has 0 saturated carbocycles. The van der Waals surface area contributed by atoms with Gasteiger partial charge >= 0.3 is 0 Å². The Labute approximate surface area is 184 Å². The molecule has 0 amide bonds. The van der Waals surface area contributed by atoms with E-state index in [0.29, 0.717) is 25.8 Å². The van der Waals surface area contributed by atoms with Gasteiger partial charge < -0.3 is 29.6 Å². The summed E-state index contributed by atoms with van der Waals surface area (Å²) < 4.78 is 22.1. The Kier molecular flexibility index (Phi) is 8.99. The summed E-state index contributed by atoms with van der Waals surface area (Å²) >= 11 is 0. The highest BCUT2D eigenvalue weighted by atomic mass is 16.5. The number of ether oxygens (including phenoxy) is 4. The first kappa shape index (κ1) is 22.9. The van der Waals surface area contributed by atoms with Crippen molar-refractivity contribution < 1.29 is 18.9 Å². The van der Waals surface area contributed by atoms with Crippen molar-refractivity contribution in [3.05, 3.63) is 59.2 Å². The predicted molar refractivity (Wildman–Crippen MR) is 122 cm³/mol. The maximum Gasteiger partial charge on any atom is 0.191 e. The summed E-state index contributed by atoms with van der Waals surface area (Å²) in [5.74, 6) is 2.27. The molecule has 0 atom stereocenters. The molecule has 1 aliphatic rings. The van der Waals surface area contributed by atoms with Crippen LogP contribution >= 0.6 is 0 Å². The third kappa shape index (κ3) is 7.15. The van der Waals surface area contributed by atoms with E-state index in [1.54, 1.807) is 21.3 Å². The van der Waals surface area contributed by atoms with E-state index in [1.165, 1.54) is 11.1 Å². The molecule has 1 saturated heterocycles. The largest absolute Gasteiger partial charge is 0.497 e. The van der Waals surface area contributed by atoms with E-state index in [0.717, 1.165) is 49.1 Å². The molecule has 0 spiro atoms. The van der Waals surface area contributed by atoms with Gasteiger partial charge in [-0.3, -0.25) is 4.99 Å². The quantitative estimate of drug-likeness (QED) is 0.473. The summed E-state index contributed by atoms with van der Waals surface area (Å²) in [6.45, 7) is 3.48. The summed E-state index contributed by atoms with van der Waals surface area (Å²) in [4.78, 5) is 4.32. The predicted octanol–water partition coefficient (Wildman–Crippen LogP) is 3.26. The van der Waals surface area contributed by atoms with Crippen LogP contribution in [0, 0.1) is 0 Å². The van der Waals surface area contributed by atoms with Gasteiger partial charge in [-0.2, -0.15) is 0 Å². The average Bonchev–Trinajstić information content (AvgIpc) is 2.83. The third-order valence-corrected chi connectivity index (χ3v) is 5.27. The Morgan fingerprint density at radius 2 is 1.77 bits per heavy atom. The fourth-order valence-corrected chi connectivity index (χ4v) is 3.47. The molecule has 0 radical (unpaired) electrons. The van der Waals surface area contributed by atoms with Crippen molar-refractivity contribution in [1.29, 1.82) is 0 Å². The summed E-state index contributed by atoms with van der Waals surface area (Å²) in [5.41, 5.74) is 3.38. The lowest BCUT2D eigenvalue weighted by atomic mass is 10.1. The van der Waals surface area contributed by atoms with Gasteiger partial charge in [0.15, 0.2) is 5.96 Å². The first-order valence-corrected chi connectivity index (χ1v) is 10.6. The molecule has 0 unspecified atom stereocenters. The molecule has 0 aromatic heterocycles. The Bertz CT molecular complexity index is 850. The van der Waals surface area contributed by atoms with Crippen molar-refractivity contribution in [1.82, 2.24) is 10.6 Å². The molecule has 2 N–H and O–H groups in total. The lowest BCUT2D eigenvalue weighted by Crippen LogP contribution is -2.36. The molecule has 0 bridgehead atoms. The van der Waals surface area contributed by atoms with Gasteiger partial charge in [0.25, 0.3) is 0 Å². The lowest BCUT2D eigenvalue weighted by molar-refractivity contribution is -0.0390. The van der Waals surface area contributed by atoms with E-state index >= 15 is 0 Å². The minimum atomic E-state index is 0.300. The first-order valence-electron chi connectivity index (χ1n) is 10.6. The number of rotatable bonds is 9. The lowest BCUT2D eigenvalue weighted by Gasteiger charge is -2.22. The highest BCUT2D eigenvalue weighted by molar-refractivity contribution is 5.79. The van der Waals surface area contributed by atoms with Gasteiger partial charge in [-0.05, 0) is 36.1 Å². The van der Waals surface area contributed by atoms with E-state index in [2.05, 4.69) is 39.9 Å². The van der Waals surface area contributed by atoms with Gasteiger partial charge in [-0.15, -0.1) is 0 Å².